The molecule has 0 bridgehead atoms. The SMILES string of the molecule is Cc1nc(-c2cccc(NC(=O)c3cnn(-c4cccc(C(F)(F)F)c4)c3C)c2)n[nH]1. The maximum atomic E-state index is 13.0. The molecule has 31 heavy (non-hydrogen) atoms. The Hall–Kier alpha value is -3.95. The first-order valence-electron chi connectivity index (χ1n) is 9.25. The summed E-state index contributed by atoms with van der Waals surface area (Å²) in [6.45, 7) is 3.40. The van der Waals surface area contributed by atoms with Gasteiger partial charge in [-0.05, 0) is 44.2 Å². The Labute approximate surface area is 174 Å². The molecule has 4 rings (SSSR count). The molecule has 0 aliphatic carbocycles. The third kappa shape index (κ3) is 4.18. The van der Waals surface area contributed by atoms with Crippen molar-refractivity contribution in [3.63, 3.8) is 0 Å². The minimum Gasteiger partial charge on any atom is -0.322 e. The van der Waals surface area contributed by atoms with Crippen molar-refractivity contribution in [3.8, 4) is 17.1 Å². The fraction of sp³-hybridized carbons (Fsp3) is 0.143. The van der Waals surface area contributed by atoms with Crippen LogP contribution in [0.1, 0.15) is 27.4 Å². The molecule has 0 aliphatic rings. The summed E-state index contributed by atoms with van der Waals surface area (Å²) in [5.41, 5.74) is 1.34. The molecule has 0 radical (unpaired) electrons. The van der Waals surface area contributed by atoms with Crippen LogP contribution in [0.3, 0.4) is 0 Å². The van der Waals surface area contributed by atoms with E-state index >= 15 is 0 Å². The monoisotopic (exact) mass is 426 g/mol. The van der Waals surface area contributed by atoms with Gasteiger partial charge >= 0.3 is 6.18 Å². The number of aromatic amines is 1. The highest BCUT2D eigenvalue weighted by Crippen LogP contribution is 2.30. The van der Waals surface area contributed by atoms with Crippen LogP contribution in [0.15, 0.2) is 54.7 Å². The molecule has 2 heterocycles. The number of anilines is 1. The van der Waals surface area contributed by atoms with Gasteiger partial charge in [0, 0.05) is 11.3 Å². The van der Waals surface area contributed by atoms with Crippen molar-refractivity contribution in [3.05, 3.63) is 77.4 Å². The molecule has 2 aromatic carbocycles. The Balaban J connectivity index is 1.58. The molecule has 0 saturated carbocycles. The lowest BCUT2D eigenvalue weighted by Gasteiger charge is -2.10. The molecule has 2 aromatic heterocycles. The number of H-pyrrole nitrogens is 1. The fourth-order valence-corrected chi connectivity index (χ4v) is 3.11. The minimum absolute atomic E-state index is 0.216. The van der Waals surface area contributed by atoms with E-state index in [1.165, 1.54) is 23.0 Å². The van der Waals surface area contributed by atoms with Crippen LogP contribution in [0.25, 0.3) is 17.1 Å². The first-order valence-corrected chi connectivity index (χ1v) is 9.25. The highest BCUT2D eigenvalue weighted by Gasteiger charge is 2.30. The quantitative estimate of drug-likeness (QED) is 0.501. The summed E-state index contributed by atoms with van der Waals surface area (Å²) in [5, 5.41) is 13.7. The van der Waals surface area contributed by atoms with E-state index in [4.69, 9.17) is 0 Å². The molecule has 1 amide bonds. The molecule has 0 atom stereocenters. The van der Waals surface area contributed by atoms with Gasteiger partial charge in [-0.15, -0.1) is 0 Å². The number of hydrogen-bond donors (Lipinski definition) is 2. The van der Waals surface area contributed by atoms with Gasteiger partial charge in [0.05, 0.1) is 28.7 Å². The molecule has 0 unspecified atom stereocenters. The minimum atomic E-state index is -4.47. The lowest BCUT2D eigenvalue weighted by Crippen LogP contribution is -2.13. The van der Waals surface area contributed by atoms with Gasteiger partial charge in [-0.3, -0.25) is 9.89 Å². The molecule has 4 aromatic rings. The third-order valence-corrected chi connectivity index (χ3v) is 4.65. The lowest BCUT2D eigenvalue weighted by molar-refractivity contribution is -0.137. The van der Waals surface area contributed by atoms with Crippen molar-refractivity contribution >= 4 is 11.6 Å². The predicted octanol–water partition coefficient (Wildman–Crippen LogP) is 4.55. The molecule has 0 spiro atoms. The fourth-order valence-electron chi connectivity index (χ4n) is 3.11. The molecule has 158 valence electrons. The van der Waals surface area contributed by atoms with E-state index < -0.39 is 17.6 Å². The van der Waals surface area contributed by atoms with E-state index in [1.807, 2.05) is 6.07 Å². The first kappa shape index (κ1) is 20.3. The highest BCUT2D eigenvalue weighted by atomic mass is 19.4. The van der Waals surface area contributed by atoms with Crippen LogP contribution >= 0.6 is 0 Å². The van der Waals surface area contributed by atoms with Crippen LogP contribution < -0.4 is 5.32 Å². The molecule has 0 aliphatic heterocycles. The van der Waals surface area contributed by atoms with Crippen molar-refractivity contribution in [1.82, 2.24) is 25.0 Å². The summed E-state index contributed by atoms with van der Waals surface area (Å²) < 4.78 is 40.3. The van der Waals surface area contributed by atoms with Gasteiger partial charge in [-0.1, -0.05) is 18.2 Å². The molecular formula is C21H17F3N6O. The van der Waals surface area contributed by atoms with Crippen molar-refractivity contribution in [2.75, 3.05) is 5.32 Å². The summed E-state index contributed by atoms with van der Waals surface area (Å²) in [6, 6.07) is 11.8. The van der Waals surface area contributed by atoms with E-state index in [1.54, 1.807) is 32.0 Å². The topological polar surface area (TPSA) is 88.5 Å². The first-order chi connectivity index (χ1) is 14.7. The van der Waals surface area contributed by atoms with Crippen molar-refractivity contribution in [2.45, 2.75) is 20.0 Å². The van der Waals surface area contributed by atoms with Crippen molar-refractivity contribution < 1.29 is 18.0 Å². The maximum absolute atomic E-state index is 13.0. The number of benzene rings is 2. The highest BCUT2D eigenvalue weighted by molar-refractivity contribution is 6.05. The number of nitrogens with zero attached hydrogens (tertiary/aromatic N) is 4. The summed E-state index contributed by atoms with van der Waals surface area (Å²) in [7, 11) is 0. The van der Waals surface area contributed by atoms with Crippen molar-refractivity contribution in [2.24, 2.45) is 0 Å². The van der Waals surface area contributed by atoms with E-state index in [2.05, 4.69) is 25.6 Å². The van der Waals surface area contributed by atoms with Crippen LogP contribution in [0.4, 0.5) is 18.9 Å². The maximum Gasteiger partial charge on any atom is 0.416 e. The second-order valence-corrected chi connectivity index (χ2v) is 6.88. The van der Waals surface area contributed by atoms with Gasteiger partial charge in [-0.25, -0.2) is 9.67 Å². The third-order valence-electron chi connectivity index (χ3n) is 4.65. The van der Waals surface area contributed by atoms with E-state index in [0.717, 1.165) is 17.7 Å². The Morgan fingerprint density at radius 3 is 2.58 bits per heavy atom. The zero-order valence-electron chi connectivity index (χ0n) is 16.5. The van der Waals surface area contributed by atoms with Crippen LogP contribution in [0.2, 0.25) is 0 Å². The van der Waals surface area contributed by atoms with E-state index in [-0.39, 0.29) is 11.3 Å². The summed E-state index contributed by atoms with van der Waals surface area (Å²) in [6.07, 6.45) is -3.14. The number of nitrogens with one attached hydrogen (secondary N) is 2. The van der Waals surface area contributed by atoms with Gasteiger partial charge < -0.3 is 5.32 Å². The number of aryl methyl sites for hydroxylation is 1. The Morgan fingerprint density at radius 1 is 1.10 bits per heavy atom. The van der Waals surface area contributed by atoms with Crippen LogP contribution in [0, 0.1) is 13.8 Å². The van der Waals surface area contributed by atoms with Crippen LogP contribution in [-0.2, 0) is 6.18 Å². The summed E-state index contributed by atoms with van der Waals surface area (Å²) >= 11 is 0. The largest absolute Gasteiger partial charge is 0.416 e. The number of halogens is 3. The van der Waals surface area contributed by atoms with E-state index in [9.17, 15) is 18.0 Å². The number of rotatable bonds is 4. The predicted molar refractivity (Wildman–Crippen MR) is 108 cm³/mol. The second kappa shape index (κ2) is 7.71. The normalized spacial score (nSPS) is 11.5. The van der Waals surface area contributed by atoms with Gasteiger partial charge in [0.25, 0.3) is 5.91 Å². The van der Waals surface area contributed by atoms with Crippen LogP contribution in [-0.4, -0.2) is 30.9 Å². The molecule has 10 heteroatoms. The molecule has 7 nitrogen and oxygen atoms in total. The van der Waals surface area contributed by atoms with E-state index in [0.29, 0.717) is 23.0 Å². The van der Waals surface area contributed by atoms with Gasteiger partial charge in [0.15, 0.2) is 5.82 Å². The Kier molecular flexibility index (Phi) is 5.05. The van der Waals surface area contributed by atoms with Crippen LogP contribution in [0.5, 0.6) is 0 Å². The Bertz CT molecular complexity index is 1260. The van der Waals surface area contributed by atoms with Gasteiger partial charge in [0.2, 0.25) is 0 Å². The second-order valence-electron chi connectivity index (χ2n) is 6.88. The number of carbonyl (C=O) groups excluding carboxylic acids is 1. The Morgan fingerprint density at radius 2 is 1.87 bits per heavy atom. The lowest BCUT2D eigenvalue weighted by atomic mass is 10.1. The van der Waals surface area contributed by atoms with Crippen molar-refractivity contribution in [1.29, 1.82) is 0 Å². The standard InChI is InChI=1S/C21H17F3N6O/c1-12-18(11-25-30(12)17-8-4-6-15(10-17)21(22,23)24)20(31)27-16-7-3-5-14(9-16)19-26-13(2)28-29-19/h3-11H,1-2H3,(H,27,31)(H,26,28,29). The smallest absolute Gasteiger partial charge is 0.322 e. The zero-order chi connectivity index (χ0) is 22.2. The summed E-state index contributed by atoms with van der Waals surface area (Å²) in [4.78, 5) is 17.0. The summed E-state index contributed by atoms with van der Waals surface area (Å²) in [5.74, 6) is 0.739. The average Bonchev–Trinajstić information content (AvgIpc) is 3.33. The molecule has 0 fully saturated rings. The molecule has 2 N–H and O–H groups in total. The molecule has 0 saturated heterocycles. The number of carbonyl (C=O) groups is 1. The number of amides is 1. The average molecular weight is 426 g/mol. The number of alkyl halides is 3. The number of aromatic nitrogens is 5. The van der Waals surface area contributed by atoms with Gasteiger partial charge in [0.1, 0.15) is 5.82 Å². The molecular weight excluding hydrogens is 409 g/mol. The van der Waals surface area contributed by atoms with Gasteiger partial charge in [-0.2, -0.15) is 23.4 Å². The number of hydrogen-bond acceptors (Lipinski definition) is 4. The zero-order valence-corrected chi connectivity index (χ0v) is 16.5.